The van der Waals surface area contributed by atoms with Crippen molar-refractivity contribution in [3.8, 4) is 0 Å². The predicted molar refractivity (Wildman–Crippen MR) is 57.5 cm³/mol. The van der Waals surface area contributed by atoms with E-state index in [1.807, 2.05) is 0 Å². The fraction of sp³-hybridized carbons (Fsp3) is 0.846. The van der Waals surface area contributed by atoms with E-state index in [0.717, 1.165) is 11.8 Å². The van der Waals surface area contributed by atoms with Crippen molar-refractivity contribution < 1.29 is 0 Å². The van der Waals surface area contributed by atoms with Crippen molar-refractivity contribution >= 4 is 0 Å². The molecule has 0 heteroatoms. The summed E-state index contributed by atoms with van der Waals surface area (Å²) in [6.07, 6.45) is 9.26. The normalized spacial score (nSPS) is 40.3. The highest BCUT2D eigenvalue weighted by Gasteiger charge is 2.46. The number of allylic oxidation sites excluding steroid dienone is 2. The molecule has 1 fully saturated rings. The van der Waals surface area contributed by atoms with Crippen LogP contribution in [0.4, 0.5) is 0 Å². The predicted octanol–water partition coefficient (Wildman–Crippen LogP) is 4.02. The molecule has 0 aromatic heterocycles. The Morgan fingerprint density at radius 3 is 1.62 bits per heavy atom. The van der Waals surface area contributed by atoms with Gasteiger partial charge in [0.2, 0.25) is 0 Å². The minimum Gasteiger partial charge on any atom is -0.0820 e. The van der Waals surface area contributed by atoms with Crippen molar-refractivity contribution in [2.45, 2.75) is 47.0 Å². The Bertz CT molecular complexity index is 208. The first kappa shape index (κ1) is 9.30. The fourth-order valence-corrected chi connectivity index (χ4v) is 3.42. The first-order valence-corrected chi connectivity index (χ1v) is 5.64. The molecule has 0 aromatic rings. The van der Waals surface area contributed by atoms with Gasteiger partial charge in [-0.05, 0) is 35.5 Å². The van der Waals surface area contributed by atoms with E-state index < -0.39 is 0 Å². The minimum atomic E-state index is 0.455. The molecule has 2 aliphatic rings. The topological polar surface area (TPSA) is 0 Å². The second-order valence-corrected chi connectivity index (χ2v) is 6.12. The first-order chi connectivity index (χ1) is 5.93. The maximum absolute atomic E-state index is 2.46. The number of hydrogen-bond acceptors (Lipinski definition) is 0. The third-order valence-corrected chi connectivity index (χ3v) is 4.37. The van der Waals surface area contributed by atoms with Crippen LogP contribution in [0.15, 0.2) is 12.2 Å². The lowest BCUT2D eigenvalue weighted by atomic mass is 9.60. The number of hydrogen-bond donors (Lipinski definition) is 0. The van der Waals surface area contributed by atoms with Crippen LogP contribution in [0.1, 0.15) is 47.0 Å². The summed E-state index contributed by atoms with van der Waals surface area (Å²) in [5.74, 6) is 1.87. The van der Waals surface area contributed by atoms with Crippen LogP contribution in [-0.4, -0.2) is 0 Å². The molecule has 0 heterocycles. The molecule has 1 saturated carbocycles. The molecule has 0 spiro atoms. The molecule has 13 heavy (non-hydrogen) atoms. The van der Waals surface area contributed by atoms with Crippen LogP contribution >= 0.6 is 0 Å². The van der Waals surface area contributed by atoms with E-state index in [0.29, 0.717) is 10.8 Å². The van der Waals surface area contributed by atoms with Crippen LogP contribution in [0.25, 0.3) is 0 Å². The first-order valence-electron chi connectivity index (χ1n) is 5.64. The zero-order valence-electron chi connectivity index (χ0n) is 9.43. The number of fused-ring (bicyclic) bond motifs is 1. The molecular weight excluding hydrogens is 156 g/mol. The second-order valence-electron chi connectivity index (χ2n) is 6.12. The fourth-order valence-electron chi connectivity index (χ4n) is 3.42. The highest BCUT2D eigenvalue weighted by atomic mass is 14.5. The van der Waals surface area contributed by atoms with E-state index in [2.05, 4.69) is 39.8 Å². The Balaban J connectivity index is 2.36. The van der Waals surface area contributed by atoms with Gasteiger partial charge in [0, 0.05) is 0 Å². The molecule has 0 radical (unpaired) electrons. The summed E-state index contributed by atoms with van der Waals surface area (Å²) >= 11 is 0. The van der Waals surface area contributed by atoms with Crippen molar-refractivity contribution in [3.63, 3.8) is 0 Å². The van der Waals surface area contributed by atoms with E-state index in [1.165, 1.54) is 19.3 Å². The Kier molecular flexibility index (Phi) is 1.87. The van der Waals surface area contributed by atoms with E-state index in [9.17, 15) is 0 Å². The van der Waals surface area contributed by atoms with Gasteiger partial charge in [-0.1, -0.05) is 46.3 Å². The molecule has 0 N–H and O–H groups in total. The van der Waals surface area contributed by atoms with Crippen molar-refractivity contribution in [2.75, 3.05) is 0 Å². The third-order valence-electron chi connectivity index (χ3n) is 4.37. The van der Waals surface area contributed by atoms with Gasteiger partial charge in [-0.3, -0.25) is 0 Å². The minimum absolute atomic E-state index is 0.455. The number of rotatable bonds is 0. The van der Waals surface area contributed by atoms with Gasteiger partial charge in [0.05, 0.1) is 0 Å². The summed E-state index contributed by atoms with van der Waals surface area (Å²) in [6.45, 7) is 9.62. The summed E-state index contributed by atoms with van der Waals surface area (Å²) in [5, 5.41) is 0. The van der Waals surface area contributed by atoms with Gasteiger partial charge in [0.1, 0.15) is 0 Å². The van der Waals surface area contributed by atoms with Gasteiger partial charge in [0.15, 0.2) is 0 Å². The van der Waals surface area contributed by atoms with Crippen LogP contribution in [-0.2, 0) is 0 Å². The lowest BCUT2D eigenvalue weighted by molar-refractivity contribution is 0.115. The summed E-state index contributed by atoms with van der Waals surface area (Å²) < 4.78 is 0. The van der Waals surface area contributed by atoms with E-state index in [-0.39, 0.29) is 0 Å². The highest BCUT2D eigenvalue weighted by molar-refractivity contribution is 5.14. The lowest BCUT2D eigenvalue weighted by Crippen LogP contribution is -2.37. The zero-order valence-corrected chi connectivity index (χ0v) is 9.43. The smallest absolute Gasteiger partial charge is 0.0143 e. The van der Waals surface area contributed by atoms with Crippen molar-refractivity contribution in [1.82, 2.24) is 0 Å². The highest BCUT2D eigenvalue weighted by Crippen LogP contribution is 2.55. The van der Waals surface area contributed by atoms with Gasteiger partial charge >= 0.3 is 0 Å². The molecule has 0 nitrogen and oxygen atoms in total. The van der Waals surface area contributed by atoms with Crippen LogP contribution < -0.4 is 0 Å². The van der Waals surface area contributed by atoms with Crippen LogP contribution in [0.5, 0.6) is 0 Å². The average Bonchev–Trinajstić information content (AvgIpc) is 2.48. The molecule has 2 aliphatic carbocycles. The third kappa shape index (κ3) is 1.35. The summed E-state index contributed by atoms with van der Waals surface area (Å²) in [7, 11) is 0. The Hall–Kier alpha value is -0.260. The van der Waals surface area contributed by atoms with Crippen molar-refractivity contribution in [1.29, 1.82) is 0 Å². The Morgan fingerprint density at radius 1 is 0.846 bits per heavy atom. The maximum Gasteiger partial charge on any atom is -0.0143 e. The van der Waals surface area contributed by atoms with Crippen molar-refractivity contribution in [3.05, 3.63) is 12.2 Å². The monoisotopic (exact) mass is 178 g/mol. The van der Waals surface area contributed by atoms with Crippen LogP contribution in [0.2, 0.25) is 0 Å². The van der Waals surface area contributed by atoms with Crippen LogP contribution in [0.3, 0.4) is 0 Å². The van der Waals surface area contributed by atoms with E-state index in [1.54, 1.807) is 0 Å². The molecule has 2 rings (SSSR count). The maximum atomic E-state index is 2.46. The van der Waals surface area contributed by atoms with Crippen LogP contribution in [0, 0.1) is 22.7 Å². The molecule has 2 unspecified atom stereocenters. The molecule has 74 valence electrons. The van der Waals surface area contributed by atoms with Gasteiger partial charge in [0.25, 0.3) is 0 Å². The lowest BCUT2D eigenvalue weighted by Gasteiger charge is -2.45. The van der Waals surface area contributed by atoms with Gasteiger partial charge in [-0.25, -0.2) is 0 Å². The quantitative estimate of drug-likeness (QED) is 0.491. The summed E-state index contributed by atoms with van der Waals surface area (Å²) in [5.41, 5.74) is 0.910. The second kappa shape index (κ2) is 2.62. The van der Waals surface area contributed by atoms with Gasteiger partial charge in [-0.15, -0.1) is 0 Å². The molecule has 0 bridgehead atoms. The summed E-state index contributed by atoms with van der Waals surface area (Å²) in [4.78, 5) is 0. The molecule has 0 aromatic carbocycles. The van der Waals surface area contributed by atoms with E-state index >= 15 is 0 Å². The summed E-state index contributed by atoms with van der Waals surface area (Å²) in [6, 6.07) is 0. The standard InChI is InChI=1S/C13H22/c1-12(2)8-9-13(3,4)11-7-5-6-10(11)12/h8-11H,5-7H2,1-4H3. The SMILES string of the molecule is CC1(C)C=CC(C)(C)C2CCCC21. The van der Waals surface area contributed by atoms with E-state index in [4.69, 9.17) is 0 Å². The molecular formula is C13H22. The molecule has 2 atom stereocenters. The molecule has 0 saturated heterocycles. The Morgan fingerprint density at radius 2 is 1.23 bits per heavy atom. The zero-order chi connectivity index (χ0) is 9.69. The van der Waals surface area contributed by atoms with Gasteiger partial charge < -0.3 is 0 Å². The van der Waals surface area contributed by atoms with Gasteiger partial charge in [-0.2, -0.15) is 0 Å². The largest absolute Gasteiger partial charge is 0.0820 e. The molecule has 0 amide bonds. The molecule has 0 aliphatic heterocycles. The van der Waals surface area contributed by atoms with Crippen molar-refractivity contribution in [2.24, 2.45) is 22.7 Å². The average molecular weight is 178 g/mol. The Labute approximate surface area is 82.4 Å².